The van der Waals surface area contributed by atoms with Gasteiger partial charge in [0.25, 0.3) is 0 Å². The molecule has 0 fully saturated rings. The molecule has 0 bridgehead atoms. The van der Waals surface area contributed by atoms with Gasteiger partial charge in [0.15, 0.2) is 0 Å². The van der Waals surface area contributed by atoms with Crippen molar-refractivity contribution in [1.29, 1.82) is 0 Å². The third-order valence-corrected chi connectivity index (χ3v) is 3.80. The fraction of sp³-hybridized carbons (Fsp3) is 0.0476. The zero-order valence-corrected chi connectivity index (χ0v) is 12.7. The van der Waals surface area contributed by atoms with Crippen LogP contribution in [0.25, 0.3) is 11.1 Å². The van der Waals surface area contributed by atoms with Crippen LogP contribution in [0.4, 0.5) is 0 Å². The highest BCUT2D eigenvalue weighted by Crippen LogP contribution is 2.32. The highest BCUT2D eigenvalue weighted by Gasteiger charge is 2.13. The van der Waals surface area contributed by atoms with Gasteiger partial charge in [0, 0.05) is 0 Å². The molecule has 0 heterocycles. The van der Waals surface area contributed by atoms with Gasteiger partial charge in [-0.25, -0.2) is 0 Å². The van der Waals surface area contributed by atoms with Gasteiger partial charge in [-0.3, -0.25) is 0 Å². The summed E-state index contributed by atoms with van der Waals surface area (Å²) in [7, 11) is 0. The normalized spacial score (nSPS) is 10.3. The largest absolute Gasteiger partial charge is 0.508 e. The molecule has 0 saturated heterocycles. The average Bonchev–Trinajstić information content (AvgIpc) is 2.62. The van der Waals surface area contributed by atoms with E-state index in [-0.39, 0.29) is 12.4 Å². The van der Waals surface area contributed by atoms with E-state index < -0.39 is 0 Å². The first-order chi connectivity index (χ1) is 11.3. The summed E-state index contributed by atoms with van der Waals surface area (Å²) in [6.07, 6.45) is 0. The topological polar surface area (TPSA) is 40.5 Å². The molecule has 0 unspecified atom stereocenters. The van der Waals surface area contributed by atoms with Crippen LogP contribution in [0.15, 0.2) is 84.9 Å². The van der Waals surface area contributed by atoms with Crippen LogP contribution in [-0.4, -0.2) is 16.8 Å². The Balaban J connectivity index is 2.25. The molecular formula is C21H18O2. The van der Waals surface area contributed by atoms with Crippen LogP contribution in [0.5, 0.6) is 5.75 Å². The summed E-state index contributed by atoms with van der Waals surface area (Å²) >= 11 is 0. The molecule has 0 atom stereocenters. The van der Waals surface area contributed by atoms with E-state index in [1.807, 2.05) is 72.8 Å². The fourth-order valence-corrected chi connectivity index (χ4v) is 2.70. The maximum atomic E-state index is 10.0. The van der Waals surface area contributed by atoms with Gasteiger partial charge >= 0.3 is 0 Å². The van der Waals surface area contributed by atoms with Gasteiger partial charge in [0.2, 0.25) is 0 Å². The van der Waals surface area contributed by atoms with Crippen molar-refractivity contribution in [3.05, 3.63) is 102 Å². The molecule has 3 aromatic rings. The maximum absolute atomic E-state index is 10.0. The summed E-state index contributed by atoms with van der Waals surface area (Å²) < 4.78 is 0. The minimum absolute atomic E-state index is 0.0795. The average molecular weight is 302 g/mol. The van der Waals surface area contributed by atoms with Crippen molar-refractivity contribution in [2.24, 2.45) is 0 Å². The van der Waals surface area contributed by atoms with E-state index in [1.54, 1.807) is 12.1 Å². The first-order valence-electron chi connectivity index (χ1n) is 7.54. The minimum Gasteiger partial charge on any atom is -0.508 e. The van der Waals surface area contributed by atoms with E-state index in [9.17, 15) is 10.2 Å². The predicted octanol–water partition coefficient (Wildman–Crippen LogP) is 4.34. The van der Waals surface area contributed by atoms with Crippen LogP contribution in [0, 0.1) is 0 Å². The van der Waals surface area contributed by atoms with Crippen LogP contribution in [0.2, 0.25) is 0 Å². The minimum atomic E-state index is -0.0795. The van der Waals surface area contributed by atoms with Crippen molar-refractivity contribution in [3.63, 3.8) is 0 Å². The van der Waals surface area contributed by atoms with Gasteiger partial charge in [-0.05, 0) is 40.0 Å². The van der Waals surface area contributed by atoms with Crippen molar-refractivity contribution >= 4 is 11.1 Å². The summed E-state index contributed by atoms with van der Waals surface area (Å²) in [5.74, 6) is 0.215. The molecule has 0 spiro atoms. The molecule has 0 aliphatic carbocycles. The molecule has 23 heavy (non-hydrogen) atoms. The Kier molecular flexibility index (Phi) is 4.55. The van der Waals surface area contributed by atoms with Crippen LogP contribution >= 0.6 is 0 Å². The summed E-state index contributed by atoms with van der Waals surface area (Å²) in [5.41, 5.74) is 4.83. The second-order valence-electron chi connectivity index (χ2n) is 5.29. The van der Waals surface area contributed by atoms with Crippen LogP contribution < -0.4 is 0 Å². The smallest absolute Gasteiger partial charge is 0.115 e. The Morgan fingerprint density at radius 1 is 0.609 bits per heavy atom. The molecular weight excluding hydrogens is 284 g/mol. The number of benzene rings is 3. The highest BCUT2D eigenvalue weighted by atomic mass is 16.3. The Morgan fingerprint density at radius 3 is 1.52 bits per heavy atom. The fourth-order valence-electron chi connectivity index (χ4n) is 2.70. The zero-order chi connectivity index (χ0) is 16.1. The van der Waals surface area contributed by atoms with Gasteiger partial charge in [0.1, 0.15) is 5.75 Å². The number of hydrogen-bond donors (Lipinski definition) is 2. The summed E-state index contributed by atoms with van der Waals surface area (Å²) in [6, 6.07) is 27.0. The van der Waals surface area contributed by atoms with E-state index >= 15 is 0 Å². The van der Waals surface area contributed by atoms with Gasteiger partial charge < -0.3 is 10.2 Å². The number of phenolic OH excluding ortho intramolecular Hbond substituents is 1. The van der Waals surface area contributed by atoms with Crippen molar-refractivity contribution in [2.45, 2.75) is 0 Å². The van der Waals surface area contributed by atoms with Gasteiger partial charge in [-0.1, -0.05) is 72.8 Å². The third-order valence-electron chi connectivity index (χ3n) is 3.80. The molecule has 3 aromatic carbocycles. The molecule has 2 N–H and O–H groups in total. The Labute approximate surface area is 136 Å². The standard InChI is InChI=1S/C21H18O2/c22-15-20(16-11-13-19(23)14-12-16)21(17-7-3-1-4-8-17)18-9-5-2-6-10-18/h1-14,22-23H,15H2. The second kappa shape index (κ2) is 6.95. The van der Waals surface area contributed by atoms with E-state index in [4.69, 9.17) is 0 Å². The second-order valence-corrected chi connectivity index (χ2v) is 5.29. The van der Waals surface area contributed by atoms with E-state index in [0.717, 1.165) is 27.8 Å². The number of aliphatic hydroxyl groups is 1. The van der Waals surface area contributed by atoms with E-state index in [1.165, 1.54) is 0 Å². The lowest BCUT2D eigenvalue weighted by Gasteiger charge is -2.15. The van der Waals surface area contributed by atoms with Gasteiger partial charge in [-0.2, -0.15) is 0 Å². The highest BCUT2D eigenvalue weighted by molar-refractivity contribution is 5.98. The van der Waals surface area contributed by atoms with Crippen molar-refractivity contribution in [3.8, 4) is 5.75 Å². The molecule has 0 saturated carbocycles. The molecule has 0 amide bonds. The van der Waals surface area contributed by atoms with E-state index in [2.05, 4.69) is 0 Å². The number of phenols is 1. The first-order valence-corrected chi connectivity index (χ1v) is 7.54. The Morgan fingerprint density at radius 2 is 1.09 bits per heavy atom. The first kappa shape index (κ1) is 15.1. The zero-order valence-electron chi connectivity index (χ0n) is 12.7. The molecule has 3 rings (SSSR count). The molecule has 2 heteroatoms. The molecule has 114 valence electrons. The van der Waals surface area contributed by atoms with Gasteiger partial charge in [-0.15, -0.1) is 0 Å². The molecule has 0 aliphatic rings. The number of aromatic hydroxyl groups is 1. The van der Waals surface area contributed by atoms with Crippen LogP contribution in [-0.2, 0) is 0 Å². The van der Waals surface area contributed by atoms with Crippen molar-refractivity contribution in [2.75, 3.05) is 6.61 Å². The monoisotopic (exact) mass is 302 g/mol. The van der Waals surface area contributed by atoms with Crippen LogP contribution in [0.3, 0.4) is 0 Å². The lowest BCUT2D eigenvalue weighted by molar-refractivity contribution is 0.350. The quantitative estimate of drug-likeness (QED) is 0.704. The van der Waals surface area contributed by atoms with Crippen LogP contribution in [0.1, 0.15) is 16.7 Å². The molecule has 0 radical (unpaired) electrons. The van der Waals surface area contributed by atoms with Crippen molar-refractivity contribution in [1.82, 2.24) is 0 Å². The molecule has 0 aliphatic heterocycles. The van der Waals surface area contributed by atoms with E-state index in [0.29, 0.717) is 0 Å². The van der Waals surface area contributed by atoms with Gasteiger partial charge in [0.05, 0.1) is 6.61 Å². The summed E-state index contributed by atoms with van der Waals surface area (Å²) in [4.78, 5) is 0. The Hall–Kier alpha value is -2.84. The lowest BCUT2D eigenvalue weighted by Crippen LogP contribution is -1.98. The lowest BCUT2D eigenvalue weighted by atomic mass is 9.90. The Bertz CT molecular complexity index is 747. The maximum Gasteiger partial charge on any atom is 0.115 e. The molecule has 0 aromatic heterocycles. The number of aliphatic hydroxyl groups excluding tert-OH is 1. The van der Waals surface area contributed by atoms with Crippen molar-refractivity contribution < 1.29 is 10.2 Å². The molecule has 2 nitrogen and oxygen atoms in total. The SMILES string of the molecule is OCC(=C(c1ccccc1)c1ccccc1)c1ccc(O)cc1. The summed E-state index contributed by atoms with van der Waals surface area (Å²) in [5, 5.41) is 19.5. The number of hydrogen-bond acceptors (Lipinski definition) is 2. The third kappa shape index (κ3) is 3.33. The predicted molar refractivity (Wildman–Crippen MR) is 94.0 cm³/mol. The summed E-state index contributed by atoms with van der Waals surface area (Å²) in [6.45, 7) is -0.0795. The number of rotatable bonds is 4.